The van der Waals surface area contributed by atoms with Crippen molar-refractivity contribution in [2.75, 3.05) is 14.1 Å². The predicted molar refractivity (Wildman–Crippen MR) is 80.8 cm³/mol. The van der Waals surface area contributed by atoms with Crippen LogP contribution in [0.3, 0.4) is 0 Å². The van der Waals surface area contributed by atoms with Crippen molar-refractivity contribution < 1.29 is 0 Å². The van der Waals surface area contributed by atoms with Gasteiger partial charge >= 0.3 is 0 Å². The first-order chi connectivity index (χ1) is 9.16. The molecule has 98 valence electrons. The van der Waals surface area contributed by atoms with Crippen LogP contribution in [-0.4, -0.2) is 19.0 Å². The molecule has 2 atom stereocenters. The number of hydrogen-bond donors (Lipinski definition) is 0. The minimum absolute atomic E-state index is 0.460. The van der Waals surface area contributed by atoms with Gasteiger partial charge < -0.3 is 4.90 Å². The molecule has 3 rings (SSSR count). The summed E-state index contributed by atoms with van der Waals surface area (Å²) in [7, 11) is 4.31. The zero-order valence-corrected chi connectivity index (χ0v) is 12.1. The molecule has 2 aromatic rings. The van der Waals surface area contributed by atoms with E-state index in [0.29, 0.717) is 12.0 Å². The van der Waals surface area contributed by atoms with Crippen LogP contribution in [0.5, 0.6) is 0 Å². The summed E-state index contributed by atoms with van der Waals surface area (Å²) in [5.74, 6) is 0.460. The highest BCUT2D eigenvalue weighted by Crippen LogP contribution is 2.46. The maximum atomic E-state index is 6.14. The molecule has 0 spiro atoms. The molecule has 0 amide bonds. The van der Waals surface area contributed by atoms with Gasteiger partial charge in [-0.2, -0.15) is 0 Å². The van der Waals surface area contributed by atoms with E-state index in [2.05, 4.69) is 55.4 Å². The van der Waals surface area contributed by atoms with Crippen molar-refractivity contribution in [3.05, 3.63) is 70.2 Å². The molecule has 0 saturated heterocycles. The largest absolute Gasteiger partial charge is 0.302 e. The third-order valence-electron chi connectivity index (χ3n) is 4.06. The van der Waals surface area contributed by atoms with Crippen LogP contribution in [0.1, 0.15) is 35.1 Å². The van der Waals surface area contributed by atoms with Gasteiger partial charge in [-0.1, -0.05) is 48.0 Å². The maximum absolute atomic E-state index is 6.14. The molecule has 0 aliphatic heterocycles. The Balaban J connectivity index is 2.06. The van der Waals surface area contributed by atoms with E-state index in [1.54, 1.807) is 0 Å². The van der Waals surface area contributed by atoms with Crippen molar-refractivity contribution in [1.82, 2.24) is 4.90 Å². The summed E-state index contributed by atoms with van der Waals surface area (Å²) in [6.45, 7) is 0. The van der Waals surface area contributed by atoms with E-state index in [9.17, 15) is 0 Å². The summed E-state index contributed by atoms with van der Waals surface area (Å²) >= 11 is 6.14. The Morgan fingerprint density at radius 3 is 2.42 bits per heavy atom. The molecular formula is C17H18ClN. The molecule has 0 saturated carbocycles. The Morgan fingerprint density at radius 1 is 1.00 bits per heavy atom. The molecule has 0 radical (unpaired) electrons. The van der Waals surface area contributed by atoms with Gasteiger partial charge in [0.25, 0.3) is 0 Å². The third kappa shape index (κ3) is 2.29. The van der Waals surface area contributed by atoms with Gasteiger partial charge in [0, 0.05) is 17.0 Å². The van der Waals surface area contributed by atoms with Crippen molar-refractivity contribution >= 4 is 11.6 Å². The zero-order chi connectivity index (χ0) is 13.4. The van der Waals surface area contributed by atoms with Gasteiger partial charge in [-0.15, -0.1) is 0 Å². The van der Waals surface area contributed by atoms with E-state index in [1.165, 1.54) is 16.7 Å². The molecule has 0 aromatic heterocycles. The van der Waals surface area contributed by atoms with Crippen LogP contribution in [0, 0.1) is 0 Å². The van der Waals surface area contributed by atoms with Crippen LogP contribution in [0.25, 0.3) is 0 Å². The molecule has 0 unspecified atom stereocenters. The van der Waals surface area contributed by atoms with Crippen LogP contribution in [0.4, 0.5) is 0 Å². The first-order valence-corrected chi connectivity index (χ1v) is 7.05. The van der Waals surface area contributed by atoms with Crippen molar-refractivity contribution in [1.29, 1.82) is 0 Å². The summed E-state index contributed by atoms with van der Waals surface area (Å²) in [6.07, 6.45) is 1.13. The van der Waals surface area contributed by atoms with Crippen LogP contribution in [0.15, 0.2) is 48.5 Å². The molecular weight excluding hydrogens is 254 g/mol. The summed E-state index contributed by atoms with van der Waals surface area (Å²) < 4.78 is 0. The number of fused-ring (bicyclic) bond motifs is 1. The first-order valence-electron chi connectivity index (χ1n) is 6.67. The molecule has 1 nitrogen and oxygen atoms in total. The number of hydrogen-bond acceptors (Lipinski definition) is 1. The Labute approximate surface area is 119 Å². The SMILES string of the molecule is CN(C)[C@H]1C[C@H](c2cccc(Cl)c2)c2ccccc21. The third-order valence-corrected chi connectivity index (χ3v) is 4.30. The molecule has 0 N–H and O–H groups in total. The Kier molecular flexibility index (Phi) is 3.34. The highest BCUT2D eigenvalue weighted by Gasteiger charge is 2.32. The van der Waals surface area contributed by atoms with E-state index < -0.39 is 0 Å². The Hall–Kier alpha value is -1.31. The smallest absolute Gasteiger partial charge is 0.0408 e. The Bertz CT molecular complexity index is 591. The fourth-order valence-electron chi connectivity index (χ4n) is 3.14. The number of halogens is 1. The molecule has 0 heterocycles. The quantitative estimate of drug-likeness (QED) is 0.778. The second kappa shape index (κ2) is 4.99. The second-order valence-electron chi connectivity index (χ2n) is 5.45. The van der Waals surface area contributed by atoms with Gasteiger partial charge in [0.2, 0.25) is 0 Å². The fourth-order valence-corrected chi connectivity index (χ4v) is 3.34. The normalized spacial score (nSPS) is 21.7. The summed E-state index contributed by atoms with van der Waals surface area (Å²) in [6, 6.07) is 17.5. The molecule has 1 aliphatic carbocycles. The highest BCUT2D eigenvalue weighted by atomic mass is 35.5. The van der Waals surface area contributed by atoms with Crippen molar-refractivity contribution in [3.63, 3.8) is 0 Å². The van der Waals surface area contributed by atoms with Gasteiger partial charge in [-0.3, -0.25) is 0 Å². The topological polar surface area (TPSA) is 3.24 Å². The Morgan fingerprint density at radius 2 is 1.74 bits per heavy atom. The van der Waals surface area contributed by atoms with Crippen LogP contribution < -0.4 is 0 Å². The molecule has 19 heavy (non-hydrogen) atoms. The van der Waals surface area contributed by atoms with E-state index >= 15 is 0 Å². The number of benzene rings is 2. The van der Waals surface area contributed by atoms with E-state index in [1.807, 2.05) is 12.1 Å². The summed E-state index contributed by atoms with van der Waals surface area (Å²) in [5.41, 5.74) is 4.23. The molecule has 0 bridgehead atoms. The lowest BCUT2D eigenvalue weighted by molar-refractivity contribution is 0.293. The highest BCUT2D eigenvalue weighted by molar-refractivity contribution is 6.30. The van der Waals surface area contributed by atoms with E-state index in [4.69, 9.17) is 11.6 Å². The summed E-state index contributed by atoms with van der Waals surface area (Å²) in [4.78, 5) is 2.31. The number of rotatable bonds is 2. The van der Waals surface area contributed by atoms with Crippen molar-refractivity contribution in [2.24, 2.45) is 0 Å². The molecule has 0 fully saturated rings. The average molecular weight is 272 g/mol. The molecule has 1 aliphatic rings. The van der Waals surface area contributed by atoms with Gasteiger partial charge in [-0.05, 0) is 49.3 Å². The minimum atomic E-state index is 0.460. The predicted octanol–water partition coefficient (Wildman–Crippen LogP) is 4.48. The van der Waals surface area contributed by atoms with Crippen molar-refractivity contribution in [2.45, 2.75) is 18.4 Å². The first kappa shape index (κ1) is 12.7. The standard InChI is InChI=1S/C17H18ClN/c1-19(2)17-11-16(12-6-5-7-13(18)10-12)14-8-3-4-9-15(14)17/h3-10,16-17H,11H2,1-2H3/t16-,17+/m1/s1. The lowest BCUT2D eigenvalue weighted by Gasteiger charge is -2.20. The average Bonchev–Trinajstić information content (AvgIpc) is 2.78. The van der Waals surface area contributed by atoms with Gasteiger partial charge in [0.15, 0.2) is 0 Å². The van der Waals surface area contributed by atoms with Crippen LogP contribution >= 0.6 is 11.6 Å². The summed E-state index contributed by atoms with van der Waals surface area (Å²) in [5, 5.41) is 0.822. The van der Waals surface area contributed by atoms with Gasteiger partial charge in [0.1, 0.15) is 0 Å². The number of nitrogens with zero attached hydrogens (tertiary/aromatic N) is 1. The lowest BCUT2D eigenvalue weighted by Crippen LogP contribution is -2.17. The van der Waals surface area contributed by atoms with Crippen LogP contribution in [0.2, 0.25) is 5.02 Å². The lowest BCUT2D eigenvalue weighted by atomic mass is 9.93. The van der Waals surface area contributed by atoms with Gasteiger partial charge in [0.05, 0.1) is 0 Å². The van der Waals surface area contributed by atoms with E-state index in [0.717, 1.165) is 11.4 Å². The maximum Gasteiger partial charge on any atom is 0.0408 e. The minimum Gasteiger partial charge on any atom is -0.302 e. The van der Waals surface area contributed by atoms with Gasteiger partial charge in [-0.25, -0.2) is 0 Å². The molecule has 2 aromatic carbocycles. The second-order valence-corrected chi connectivity index (χ2v) is 5.89. The van der Waals surface area contributed by atoms with Crippen LogP contribution in [-0.2, 0) is 0 Å². The molecule has 2 heteroatoms. The monoisotopic (exact) mass is 271 g/mol. The van der Waals surface area contributed by atoms with Crippen molar-refractivity contribution in [3.8, 4) is 0 Å². The fraction of sp³-hybridized carbons (Fsp3) is 0.294. The zero-order valence-electron chi connectivity index (χ0n) is 11.3. The van der Waals surface area contributed by atoms with E-state index in [-0.39, 0.29) is 0 Å².